The van der Waals surface area contributed by atoms with Crippen molar-refractivity contribution in [3.63, 3.8) is 0 Å². The van der Waals surface area contributed by atoms with Gasteiger partial charge in [-0.2, -0.15) is 4.68 Å². The lowest BCUT2D eigenvalue weighted by atomic mass is 10.1. The van der Waals surface area contributed by atoms with E-state index < -0.39 is 11.8 Å². The first kappa shape index (κ1) is 10.2. The molecule has 6 nitrogen and oxygen atoms in total. The van der Waals surface area contributed by atoms with Gasteiger partial charge in [0.25, 0.3) is 0 Å². The number of hydrogen-bond donors (Lipinski definition) is 1. The van der Waals surface area contributed by atoms with Crippen molar-refractivity contribution < 1.29 is 14.3 Å². The SMILES string of the molecule is Cc1nnnn1-c1c(F)cccc1C(=O)O. The average Bonchev–Trinajstić information content (AvgIpc) is 2.64. The second-order valence-electron chi connectivity index (χ2n) is 3.08. The summed E-state index contributed by atoms with van der Waals surface area (Å²) in [4.78, 5) is 10.9. The Bertz CT molecular complexity index is 552. The zero-order valence-corrected chi connectivity index (χ0v) is 8.25. The highest BCUT2D eigenvalue weighted by Gasteiger charge is 2.18. The van der Waals surface area contributed by atoms with Crippen molar-refractivity contribution in [3.05, 3.63) is 35.4 Å². The van der Waals surface area contributed by atoms with Gasteiger partial charge in [0.2, 0.25) is 0 Å². The van der Waals surface area contributed by atoms with Gasteiger partial charge in [0.05, 0.1) is 5.56 Å². The Morgan fingerprint density at radius 2 is 2.25 bits per heavy atom. The van der Waals surface area contributed by atoms with Crippen molar-refractivity contribution in [2.75, 3.05) is 0 Å². The summed E-state index contributed by atoms with van der Waals surface area (Å²) in [6.45, 7) is 1.55. The molecule has 1 aromatic carbocycles. The molecule has 0 amide bonds. The number of benzene rings is 1. The van der Waals surface area contributed by atoms with Crippen LogP contribution in [0.15, 0.2) is 18.2 Å². The molecular weight excluding hydrogens is 215 g/mol. The molecule has 0 unspecified atom stereocenters. The van der Waals surface area contributed by atoms with Gasteiger partial charge in [-0.3, -0.25) is 0 Å². The molecular formula is C9H7FN4O2. The zero-order chi connectivity index (χ0) is 11.7. The molecule has 0 saturated heterocycles. The van der Waals surface area contributed by atoms with Crippen LogP contribution in [0, 0.1) is 12.7 Å². The fourth-order valence-corrected chi connectivity index (χ4v) is 1.34. The second-order valence-corrected chi connectivity index (χ2v) is 3.08. The summed E-state index contributed by atoms with van der Waals surface area (Å²) in [7, 11) is 0. The number of carboxylic acids is 1. The van der Waals surface area contributed by atoms with E-state index in [0.29, 0.717) is 5.82 Å². The molecule has 7 heteroatoms. The van der Waals surface area contributed by atoms with Gasteiger partial charge >= 0.3 is 5.97 Å². The van der Waals surface area contributed by atoms with Crippen LogP contribution in [0.2, 0.25) is 0 Å². The number of carboxylic acid groups (broad SMARTS) is 1. The predicted octanol–water partition coefficient (Wildman–Crippen LogP) is 0.808. The Balaban J connectivity index is 2.73. The van der Waals surface area contributed by atoms with Gasteiger partial charge in [-0.1, -0.05) is 6.07 Å². The molecule has 0 bridgehead atoms. The summed E-state index contributed by atoms with van der Waals surface area (Å²) in [6, 6.07) is 3.77. The van der Waals surface area contributed by atoms with Crippen LogP contribution in [0.3, 0.4) is 0 Å². The molecule has 0 aliphatic rings. The third kappa shape index (κ3) is 1.52. The van der Waals surface area contributed by atoms with E-state index in [0.717, 1.165) is 10.7 Å². The Labute approximate surface area is 89.3 Å². The van der Waals surface area contributed by atoms with Gasteiger partial charge in [-0.05, 0) is 29.5 Å². The second kappa shape index (κ2) is 3.69. The number of halogens is 1. The first-order valence-corrected chi connectivity index (χ1v) is 4.38. The van der Waals surface area contributed by atoms with E-state index in [9.17, 15) is 9.18 Å². The van der Waals surface area contributed by atoms with Gasteiger partial charge in [0.1, 0.15) is 11.5 Å². The lowest BCUT2D eigenvalue weighted by Gasteiger charge is -2.06. The molecule has 0 fully saturated rings. The minimum atomic E-state index is -1.23. The van der Waals surface area contributed by atoms with Crippen LogP contribution in [-0.4, -0.2) is 31.3 Å². The highest BCUT2D eigenvalue weighted by molar-refractivity contribution is 5.91. The van der Waals surface area contributed by atoms with Gasteiger partial charge in [0.15, 0.2) is 5.82 Å². The summed E-state index contributed by atoms with van der Waals surface area (Å²) in [5.41, 5.74) is -0.340. The van der Waals surface area contributed by atoms with Crippen molar-refractivity contribution in [1.82, 2.24) is 20.2 Å². The van der Waals surface area contributed by atoms with Gasteiger partial charge in [0, 0.05) is 0 Å². The van der Waals surface area contributed by atoms with Gasteiger partial charge < -0.3 is 5.11 Å². The third-order valence-electron chi connectivity index (χ3n) is 2.05. The van der Waals surface area contributed by atoms with Crippen molar-refractivity contribution in [2.24, 2.45) is 0 Å². The number of tetrazole rings is 1. The van der Waals surface area contributed by atoms with E-state index in [2.05, 4.69) is 15.5 Å². The molecule has 16 heavy (non-hydrogen) atoms. The van der Waals surface area contributed by atoms with E-state index >= 15 is 0 Å². The topological polar surface area (TPSA) is 80.9 Å². The first-order valence-electron chi connectivity index (χ1n) is 4.38. The summed E-state index contributed by atoms with van der Waals surface area (Å²) in [5.74, 6) is -1.60. The Morgan fingerprint density at radius 3 is 2.81 bits per heavy atom. The molecule has 0 saturated carbocycles. The number of aromatic nitrogens is 4. The summed E-state index contributed by atoms with van der Waals surface area (Å²) < 4.78 is 14.6. The number of aryl methyl sites for hydroxylation is 1. The van der Waals surface area contributed by atoms with Crippen LogP contribution in [0.5, 0.6) is 0 Å². The van der Waals surface area contributed by atoms with Gasteiger partial charge in [-0.15, -0.1) is 5.10 Å². The molecule has 0 atom stereocenters. The quantitative estimate of drug-likeness (QED) is 0.813. The van der Waals surface area contributed by atoms with E-state index in [1.54, 1.807) is 6.92 Å². The maximum absolute atomic E-state index is 13.6. The van der Waals surface area contributed by atoms with Crippen LogP contribution < -0.4 is 0 Å². The highest BCUT2D eigenvalue weighted by Crippen LogP contribution is 2.18. The number of carbonyl (C=O) groups is 1. The number of hydrogen-bond acceptors (Lipinski definition) is 4. The number of para-hydroxylation sites is 1. The summed E-state index contributed by atoms with van der Waals surface area (Å²) in [5, 5.41) is 19.4. The van der Waals surface area contributed by atoms with Gasteiger partial charge in [-0.25, -0.2) is 9.18 Å². The minimum absolute atomic E-state index is 0.155. The highest BCUT2D eigenvalue weighted by atomic mass is 19.1. The maximum Gasteiger partial charge on any atom is 0.338 e. The average molecular weight is 222 g/mol. The van der Waals surface area contributed by atoms with Crippen LogP contribution >= 0.6 is 0 Å². The smallest absolute Gasteiger partial charge is 0.338 e. The minimum Gasteiger partial charge on any atom is -0.478 e. The number of nitrogens with zero attached hydrogens (tertiary/aromatic N) is 4. The lowest BCUT2D eigenvalue weighted by Crippen LogP contribution is -2.10. The molecule has 0 spiro atoms. The standard InChI is InChI=1S/C9H7FN4O2/c1-5-11-12-13-14(5)8-6(9(15)16)3-2-4-7(8)10/h2-4H,1H3,(H,15,16). The van der Waals surface area contributed by atoms with E-state index in [-0.39, 0.29) is 11.3 Å². The molecule has 0 aliphatic heterocycles. The molecule has 0 aliphatic carbocycles. The normalized spacial score (nSPS) is 10.4. The molecule has 1 N–H and O–H groups in total. The fourth-order valence-electron chi connectivity index (χ4n) is 1.34. The predicted molar refractivity (Wildman–Crippen MR) is 50.8 cm³/mol. The van der Waals surface area contributed by atoms with E-state index in [1.165, 1.54) is 12.1 Å². The fraction of sp³-hybridized carbons (Fsp3) is 0.111. The van der Waals surface area contributed by atoms with Crippen LogP contribution in [0.25, 0.3) is 5.69 Å². The Kier molecular flexibility index (Phi) is 2.35. The Morgan fingerprint density at radius 1 is 1.50 bits per heavy atom. The monoisotopic (exact) mass is 222 g/mol. The zero-order valence-electron chi connectivity index (χ0n) is 8.25. The first-order chi connectivity index (χ1) is 7.61. The van der Waals surface area contributed by atoms with Crippen molar-refractivity contribution in [1.29, 1.82) is 0 Å². The molecule has 2 rings (SSSR count). The number of aromatic carboxylic acids is 1. The van der Waals surface area contributed by atoms with E-state index in [1.807, 2.05) is 0 Å². The summed E-state index contributed by atoms with van der Waals surface area (Å²) in [6.07, 6.45) is 0. The van der Waals surface area contributed by atoms with Crippen molar-refractivity contribution in [3.8, 4) is 5.69 Å². The van der Waals surface area contributed by atoms with Crippen molar-refractivity contribution >= 4 is 5.97 Å². The molecule has 1 heterocycles. The molecule has 82 valence electrons. The van der Waals surface area contributed by atoms with Crippen LogP contribution in [0.1, 0.15) is 16.2 Å². The van der Waals surface area contributed by atoms with Crippen molar-refractivity contribution in [2.45, 2.75) is 6.92 Å². The van der Waals surface area contributed by atoms with E-state index in [4.69, 9.17) is 5.11 Å². The van der Waals surface area contributed by atoms with Crippen LogP contribution in [-0.2, 0) is 0 Å². The molecule has 2 aromatic rings. The number of rotatable bonds is 2. The Hall–Kier alpha value is -2.31. The largest absolute Gasteiger partial charge is 0.478 e. The van der Waals surface area contributed by atoms with Crippen LogP contribution in [0.4, 0.5) is 4.39 Å². The summed E-state index contributed by atoms with van der Waals surface area (Å²) >= 11 is 0. The lowest BCUT2D eigenvalue weighted by molar-refractivity contribution is 0.0696. The maximum atomic E-state index is 13.6. The molecule has 0 radical (unpaired) electrons. The molecule has 1 aromatic heterocycles. The third-order valence-corrected chi connectivity index (χ3v) is 2.05.